The minimum atomic E-state index is -0.581. The van der Waals surface area contributed by atoms with Crippen molar-refractivity contribution in [1.82, 2.24) is 4.98 Å². The minimum Gasteiger partial charge on any atom is -0.461 e. The van der Waals surface area contributed by atoms with Gasteiger partial charge in [0.2, 0.25) is 5.69 Å². The third kappa shape index (κ3) is 1.70. The van der Waals surface area contributed by atoms with E-state index in [1.165, 1.54) is 0 Å². The Morgan fingerprint density at radius 2 is 2.50 bits per heavy atom. The van der Waals surface area contributed by atoms with Gasteiger partial charge in [0.1, 0.15) is 0 Å². The van der Waals surface area contributed by atoms with Crippen LogP contribution in [0, 0.1) is 0 Å². The number of nitrogens with two attached hydrogens (primary N) is 1. The summed E-state index contributed by atoms with van der Waals surface area (Å²) >= 11 is 3.84. The molecule has 0 saturated carbocycles. The van der Waals surface area contributed by atoms with E-state index < -0.39 is 5.97 Å². The molecule has 0 aliphatic carbocycles. The first-order valence-electron chi connectivity index (χ1n) is 3.27. The van der Waals surface area contributed by atoms with Gasteiger partial charge < -0.3 is 14.9 Å². The molecule has 0 bridgehead atoms. The van der Waals surface area contributed by atoms with Gasteiger partial charge in [-0.25, -0.2) is 4.79 Å². The summed E-state index contributed by atoms with van der Waals surface area (Å²) in [6.07, 6.45) is 0. The zero-order chi connectivity index (χ0) is 9.14. The first-order chi connectivity index (χ1) is 5.65. The molecule has 1 aromatic rings. The highest BCUT2D eigenvalue weighted by molar-refractivity contribution is 7.80. The molecule has 6 heteroatoms. The maximum Gasteiger partial charge on any atom is 0.361 e. The SMILES string of the molecule is CCOC(=O)c1nc(N)oc1S. The third-order valence-corrected chi connectivity index (χ3v) is 1.40. The quantitative estimate of drug-likeness (QED) is 0.528. The normalized spacial score (nSPS) is 9.83. The number of thiol groups is 1. The Morgan fingerprint density at radius 3 is 2.92 bits per heavy atom. The molecule has 0 atom stereocenters. The first kappa shape index (κ1) is 8.92. The van der Waals surface area contributed by atoms with Gasteiger partial charge in [0.15, 0.2) is 5.09 Å². The Hall–Kier alpha value is -1.17. The standard InChI is InChI=1S/C6H8N2O3S/c1-2-10-4(9)3-5(12)11-6(7)8-3/h12H,2H2,1H3,(H2,7,8). The molecule has 12 heavy (non-hydrogen) atoms. The van der Waals surface area contributed by atoms with Crippen LogP contribution >= 0.6 is 12.6 Å². The maximum atomic E-state index is 11.0. The number of hydrogen-bond donors (Lipinski definition) is 2. The van der Waals surface area contributed by atoms with Crippen molar-refractivity contribution in [1.29, 1.82) is 0 Å². The lowest BCUT2D eigenvalue weighted by molar-refractivity contribution is 0.0513. The molecule has 0 spiro atoms. The summed E-state index contributed by atoms with van der Waals surface area (Å²) < 4.78 is 9.37. The molecular weight excluding hydrogens is 180 g/mol. The van der Waals surface area contributed by atoms with Crippen LogP contribution in [0.15, 0.2) is 9.51 Å². The number of nitrogens with zero attached hydrogens (tertiary/aromatic N) is 1. The van der Waals surface area contributed by atoms with Crippen molar-refractivity contribution in [3.63, 3.8) is 0 Å². The molecule has 1 aromatic heterocycles. The number of esters is 1. The zero-order valence-electron chi connectivity index (χ0n) is 6.40. The number of oxazole rings is 1. The van der Waals surface area contributed by atoms with Gasteiger partial charge in [0, 0.05) is 0 Å². The van der Waals surface area contributed by atoms with Crippen LogP contribution in [-0.4, -0.2) is 17.6 Å². The monoisotopic (exact) mass is 188 g/mol. The van der Waals surface area contributed by atoms with E-state index in [2.05, 4.69) is 22.3 Å². The van der Waals surface area contributed by atoms with Crippen LogP contribution in [0.3, 0.4) is 0 Å². The van der Waals surface area contributed by atoms with Gasteiger partial charge in [-0.15, -0.1) is 12.6 Å². The first-order valence-corrected chi connectivity index (χ1v) is 3.72. The number of nitrogen functional groups attached to an aromatic ring is 1. The molecule has 0 aliphatic rings. The number of rotatable bonds is 2. The van der Waals surface area contributed by atoms with E-state index in [9.17, 15) is 4.79 Å². The van der Waals surface area contributed by atoms with Gasteiger partial charge in [-0.2, -0.15) is 4.98 Å². The minimum absolute atomic E-state index is 0.0117. The smallest absolute Gasteiger partial charge is 0.361 e. The number of aromatic nitrogens is 1. The summed E-state index contributed by atoms with van der Waals surface area (Å²) in [6, 6.07) is -0.0944. The number of carbonyl (C=O) groups excluding carboxylic acids is 1. The Balaban J connectivity index is 2.87. The van der Waals surface area contributed by atoms with Gasteiger partial charge >= 0.3 is 5.97 Å². The van der Waals surface area contributed by atoms with Crippen LogP contribution in [0.4, 0.5) is 6.01 Å². The van der Waals surface area contributed by atoms with E-state index in [0.717, 1.165) is 0 Å². The van der Waals surface area contributed by atoms with Crippen LogP contribution in [0.1, 0.15) is 17.4 Å². The second-order valence-corrected chi connectivity index (χ2v) is 2.33. The molecule has 0 saturated heterocycles. The predicted octanol–water partition coefficient (Wildman–Crippen LogP) is 0.722. The molecule has 1 heterocycles. The van der Waals surface area contributed by atoms with Crippen LogP contribution in [0.2, 0.25) is 0 Å². The largest absolute Gasteiger partial charge is 0.461 e. The molecular formula is C6H8N2O3S. The van der Waals surface area contributed by atoms with Crippen molar-refractivity contribution in [3.8, 4) is 0 Å². The van der Waals surface area contributed by atoms with Crippen LogP contribution in [0.5, 0.6) is 0 Å². The van der Waals surface area contributed by atoms with E-state index in [4.69, 9.17) is 10.2 Å². The number of anilines is 1. The Bertz CT molecular complexity index is 297. The lowest BCUT2D eigenvalue weighted by Gasteiger charge is -1.95. The molecule has 0 unspecified atom stereocenters. The number of hydrogen-bond acceptors (Lipinski definition) is 6. The summed E-state index contributed by atoms with van der Waals surface area (Å²) in [5, 5.41) is 0.0750. The highest BCUT2D eigenvalue weighted by Crippen LogP contribution is 2.17. The zero-order valence-corrected chi connectivity index (χ0v) is 7.30. The molecule has 0 aromatic carbocycles. The van der Waals surface area contributed by atoms with Gasteiger partial charge in [0.25, 0.3) is 6.01 Å². The molecule has 0 fully saturated rings. The van der Waals surface area contributed by atoms with E-state index in [0.29, 0.717) is 0 Å². The maximum absolute atomic E-state index is 11.0. The molecule has 5 nitrogen and oxygen atoms in total. The highest BCUT2D eigenvalue weighted by atomic mass is 32.1. The summed E-state index contributed by atoms with van der Waals surface area (Å²) in [4.78, 5) is 14.6. The fourth-order valence-electron chi connectivity index (χ4n) is 0.661. The van der Waals surface area contributed by atoms with E-state index in [-0.39, 0.29) is 23.4 Å². The molecule has 0 amide bonds. The van der Waals surface area contributed by atoms with E-state index in [1.807, 2.05) is 0 Å². The highest BCUT2D eigenvalue weighted by Gasteiger charge is 2.17. The number of carbonyl (C=O) groups is 1. The second kappa shape index (κ2) is 3.48. The van der Waals surface area contributed by atoms with Crippen molar-refractivity contribution in [2.45, 2.75) is 12.0 Å². The van der Waals surface area contributed by atoms with Crippen molar-refractivity contribution < 1.29 is 13.9 Å². The van der Waals surface area contributed by atoms with Crippen molar-refractivity contribution in [3.05, 3.63) is 5.69 Å². The van der Waals surface area contributed by atoms with Gasteiger partial charge in [-0.1, -0.05) is 0 Å². The summed E-state index contributed by atoms with van der Waals surface area (Å²) in [5.41, 5.74) is 5.19. The molecule has 0 radical (unpaired) electrons. The fraction of sp³-hybridized carbons (Fsp3) is 0.333. The van der Waals surface area contributed by atoms with Crippen molar-refractivity contribution in [2.24, 2.45) is 0 Å². The van der Waals surface area contributed by atoms with E-state index in [1.54, 1.807) is 6.92 Å². The third-order valence-electron chi connectivity index (χ3n) is 1.09. The Kier molecular flexibility index (Phi) is 2.59. The molecule has 1 rings (SSSR count). The van der Waals surface area contributed by atoms with Crippen LogP contribution < -0.4 is 5.73 Å². The lowest BCUT2D eigenvalue weighted by Crippen LogP contribution is -2.05. The van der Waals surface area contributed by atoms with Crippen molar-refractivity contribution >= 4 is 24.6 Å². The topological polar surface area (TPSA) is 78.3 Å². The Labute approximate surface area is 74.3 Å². The van der Waals surface area contributed by atoms with E-state index >= 15 is 0 Å². The number of ether oxygens (including phenoxy) is 1. The van der Waals surface area contributed by atoms with Crippen molar-refractivity contribution in [2.75, 3.05) is 12.3 Å². The van der Waals surface area contributed by atoms with Crippen LogP contribution in [-0.2, 0) is 4.74 Å². The predicted molar refractivity (Wildman–Crippen MR) is 44.1 cm³/mol. The van der Waals surface area contributed by atoms with Gasteiger partial charge in [-0.3, -0.25) is 0 Å². The fourth-order valence-corrected chi connectivity index (χ4v) is 0.895. The summed E-state index contributed by atoms with van der Waals surface area (Å²) in [5.74, 6) is -0.581. The summed E-state index contributed by atoms with van der Waals surface area (Å²) in [6.45, 7) is 1.97. The van der Waals surface area contributed by atoms with Gasteiger partial charge in [-0.05, 0) is 6.92 Å². The van der Waals surface area contributed by atoms with Crippen LogP contribution in [0.25, 0.3) is 0 Å². The average molecular weight is 188 g/mol. The molecule has 2 N–H and O–H groups in total. The van der Waals surface area contributed by atoms with Gasteiger partial charge in [0.05, 0.1) is 6.61 Å². The molecule has 66 valence electrons. The summed E-state index contributed by atoms with van der Waals surface area (Å²) in [7, 11) is 0. The Morgan fingerprint density at radius 1 is 1.83 bits per heavy atom. The lowest BCUT2D eigenvalue weighted by atomic mass is 10.5. The average Bonchev–Trinajstić information content (AvgIpc) is 2.30. The molecule has 0 aliphatic heterocycles. The second-order valence-electron chi connectivity index (χ2n) is 1.93.